The zero-order valence-corrected chi connectivity index (χ0v) is 17.3. The van der Waals surface area contributed by atoms with Gasteiger partial charge in [0.25, 0.3) is 5.91 Å². The zero-order valence-electron chi connectivity index (χ0n) is 17.3. The maximum atomic E-state index is 12.8. The van der Waals surface area contributed by atoms with Gasteiger partial charge in [-0.15, -0.1) is 0 Å². The van der Waals surface area contributed by atoms with Crippen molar-refractivity contribution in [1.82, 2.24) is 14.9 Å². The molecule has 2 aromatic rings. The lowest BCUT2D eigenvalue weighted by atomic mass is 10.1. The van der Waals surface area contributed by atoms with Gasteiger partial charge in [-0.2, -0.15) is 0 Å². The molecule has 0 spiro atoms. The van der Waals surface area contributed by atoms with E-state index in [0.29, 0.717) is 17.3 Å². The third-order valence-electron chi connectivity index (χ3n) is 5.88. The highest BCUT2D eigenvalue weighted by atomic mass is 16.1. The molecule has 0 saturated carbocycles. The lowest BCUT2D eigenvalue weighted by Gasteiger charge is -2.38. The molecule has 7 nitrogen and oxygen atoms in total. The predicted octanol–water partition coefficient (Wildman–Crippen LogP) is 2.86. The standard InChI is InChI=1S/C22H30N6O/c1-17(2)26-11-13-27(14-12-26)19-7-5-18(6-8-19)22(29)25-20-15-23-16-24-21(20)28-9-3-4-10-28/h5-8,15-17H,3-4,9-14H2,1-2H3,(H,25,29). The summed E-state index contributed by atoms with van der Waals surface area (Å²) < 4.78 is 0. The first-order chi connectivity index (χ1) is 14.1. The molecule has 0 atom stereocenters. The van der Waals surface area contributed by atoms with Crippen LogP contribution in [-0.4, -0.2) is 66.1 Å². The second-order valence-electron chi connectivity index (χ2n) is 8.07. The van der Waals surface area contributed by atoms with Crippen molar-refractivity contribution in [3.63, 3.8) is 0 Å². The lowest BCUT2D eigenvalue weighted by molar-refractivity contribution is 0.102. The van der Waals surface area contributed by atoms with E-state index in [0.717, 1.165) is 57.9 Å². The Labute approximate surface area is 172 Å². The Morgan fingerprint density at radius 1 is 0.966 bits per heavy atom. The molecule has 1 N–H and O–H groups in total. The number of hydrogen-bond acceptors (Lipinski definition) is 6. The molecule has 4 rings (SSSR count). The molecule has 2 aliphatic rings. The van der Waals surface area contributed by atoms with E-state index in [1.54, 1.807) is 6.20 Å². The Hall–Kier alpha value is -2.67. The first kappa shape index (κ1) is 19.6. The molecule has 0 bridgehead atoms. The van der Waals surface area contributed by atoms with Gasteiger partial charge in [-0.3, -0.25) is 9.69 Å². The van der Waals surface area contributed by atoms with Crippen molar-refractivity contribution in [3.8, 4) is 0 Å². The van der Waals surface area contributed by atoms with Gasteiger partial charge in [0, 0.05) is 56.6 Å². The number of anilines is 3. The van der Waals surface area contributed by atoms with Crippen molar-refractivity contribution >= 4 is 23.1 Å². The lowest BCUT2D eigenvalue weighted by Crippen LogP contribution is -2.48. The molecule has 154 valence electrons. The number of amides is 1. The second kappa shape index (κ2) is 8.78. The van der Waals surface area contributed by atoms with E-state index in [2.05, 4.69) is 43.8 Å². The van der Waals surface area contributed by atoms with Crippen LogP contribution in [0.4, 0.5) is 17.2 Å². The topological polar surface area (TPSA) is 64.6 Å². The predicted molar refractivity (Wildman–Crippen MR) is 117 cm³/mol. The number of piperazine rings is 1. The molecule has 3 heterocycles. The van der Waals surface area contributed by atoms with Crippen LogP contribution in [0.5, 0.6) is 0 Å². The molecule has 2 aliphatic heterocycles. The third kappa shape index (κ3) is 4.50. The average Bonchev–Trinajstić information content (AvgIpc) is 3.29. The fourth-order valence-electron chi connectivity index (χ4n) is 4.11. The Kier molecular flexibility index (Phi) is 5.94. The molecule has 1 aromatic heterocycles. The highest BCUT2D eigenvalue weighted by Crippen LogP contribution is 2.26. The summed E-state index contributed by atoms with van der Waals surface area (Å²) in [6.07, 6.45) is 5.53. The van der Waals surface area contributed by atoms with Crippen molar-refractivity contribution in [1.29, 1.82) is 0 Å². The molecule has 0 unspecified atom stereocenters. The van der Waals surface area contributed by atoms with Gasteiger partial charge in [0.2, 0.25) is 0 Å². The van der Waals surface area contributed by atoms with Crippen LogP contribution in [0.3, 0.4) is 0 Å². The minimum atomic E-state index is -0.128. The molecular weight excluding hydrogens is 364 g/mol. The number of carbonyl (C=O) groups is 1. The summed E-state index contributed by atoms with van der Waals surface area (Å²) in [6.45, 7) is 10.6. The monoisotopic (exact) mass is 394 g/mol. The maximum Gasteiger partial charge on any atom is 0.255 e. The van der Waals surface area contributed by atoms with E-state index in [1.165, 1.54) is 12.0 Å². The van der Waals surface area contributed by atoms with E-state index in [9.17, 15) is 4.79 Å². The quantitative estimate of drug-likeness (QED) is 0.841. The summed E-state index contributed by atoms with van der Waals surface area (Å²) in [4.78, 5) is 28.4. The van der Waals surface area contributed by atoms with Gasteiger partial charge in [-0.1, -0.05) is 0 Å². The Balaban J connectivity index is 1.40. The van der Waals surface area contributed by atoms with Gasteiger partial charge in [0.1, 0.15) is 12.0 Å². The Morgan fingerprint density at radius 2 is 1.66 bits per heavy atom. The number of rotatable bonds is 5. The number of aromatic nitrogens is 2. The van der Waals surface area contributed by atoms with Crippen molar-refractivity contribution < 1.29 is 4.79 Å². The van der Waals surface area contributed by atoms with Gasteiger partial charge < -0.3 is 15.1 Å². The van der Waals surface area contributed by atoms with Crippen molar-refractivity contribution in [2.24, 2.45) is 0 Å². The highest BCUT2D eigenvalue weighted by molar-refractivity contribution is 6.05. The van der Waals surface area contributed by atoms with Crippen LogP contribution in [0.2, 0.25) is 0 Å². The van der Waals surface area contributed by atoms with E-state index in [1.807, 2.05) is 24.3 Å². The summed E-state index contributed by atoms with van der Waals surface area (Å²) in [6, 6.07) is 8.49. The number of hydrogen-bond donors (Lipinski definition) is 1. The first-order valence-electron chi connectivity index (χ1n) is 10.6. The van der Waals surface area contributed by atoms with E-state index in [4.69, 9.17) is 0 Å². The summed E-state index contributed by atoms with van der Waals surface area (Å²) in [5, 5.41) is 3.00. The minimum absolute atomic E-state index is 0.128. The van der Waals surface area contributed by atoms with Crippen LogP contribution >= 0.6 is 0 Å². The van der Waals surface area contributed by atoms with Crippen LogP contribution in [0.15, 0.2) is 36.8 Å². The van der Waals surface area contributed by atoms with E-state index < -0.39 is 0 Å². The van der Waals surface area contributed by atoms with Crippen LogP contribution in [0.1, 0.15) is 37.0 Å². The van der Waals surface area contributed by atoms with Crippen LogP contribution < -0.4 is 15.1 Å². The van der Waals surface area contributed by atoms with Gasteiger partial charge >= 0.3 is 0 Å². The SMILES string of the molecule is CC(C)N1CCN(c2ccc(C(=O)Nc3cncnc3N3CCCC3)cc2)CC1. The van der Waals surface area contributed by atoms with Crippen LogP contribution in [0, 0.1) is 0 Å². The van der Waals surface area contributed by atoms with Crippen LogP contribution in [-0.2, 0) is 0 Å². The zero-order chi connectivity index (χ0) is 20.2. The smallest absolute Gasteiger partial charge is 0.255 e. The molecule has 7 heteroatoms. The maximum absolute atomic E-state index is 12.8. The summed E-state index contributed by atoms with van der Waals surface area (Å²) in [5.41, 5.74) is 2.49. The second-order valence-corrected chi connectivity index (χ2v) is 8.07. The number of nitrogens with zero attached hydrogens (tertiary/aromatic N) is 5. The van der Waals surface area contributed by atoms with Gasteiger partial charge in [-0.25, -0.2) is 9.97 Å². The first-order valence-corrected chi connectivity index (χ1v) is 10.6. The molecule has 2 fully saturated rings. The Morgan fingerprint density at radius 3 is 2.31 bits per heavy atom. The average molecular weight is 395 g/mol. The fourth-order valence-corrected chi connectivity index (χ4v) is 4.11. The van der Waals surface area contributed by atoms with Crippen LogP contribution in [0.25, 0.3) is 0 Å². The molecule has 0 aliphatic carbocycles. The van der Waals surface area contributed by atoms with Crippen molar-refractivity contribution in [2.45, 2.75) is 32.7 Å². The molecule has 2 saturated heterocycles. The molecule has 1 amide bonds. The van der Waals surface area contributed by atoms with Gasteiger partial charge in [0.05, 0.1) is 6.20 Å². The highest BCUT2D eigenvalue weighted by Gasteiger charge is 2.20. The third-order valence-corrected chi connectivity index (χ3v) is 5.88. The molecular formula is C22H30N6O. The number of nitrogens with one attached hydrogen (secondary N) is 1. The van der Waals surface area contributed by atoms with Gasteiger partial charge in [-0.05, 0) is 51.0 Å². The van der Waals surface area contributed by atoms with E-state index >= 15 is 0 Å². The fraction of sp³-hybridized carbons (Fsp3) is 0.500. The van der Waals surface area contributed by atoms with Crippen molar-refractivity contribution in [2.75, 3.05) is 54.4 Å². The number of benzene rings is 1. The van der Waals surface area contributed by atoms with E-state index in [-0.39, 0.29) is 5.91 Å². The summed E-state index contributed by atoms with van der Waals surface area (Å²) >= 11 is 0. The normalized spacial score (nSPS) is 17.8. The Bertz CT molecular complexity index is 823. The largest absolute Gasteiger partial charge is 0.369 e. The molecule has 0 radical (unpaired) electrons. The summed E-state index contributed by atoms with van der Waals surface area (Å²) in [5.74, 6) is 0.682. The summed E-state index contributed by atoms with van der Waals surface area (Å²) in [7, 11) is 0. The van der Waals surface area contributed by atoms with Crippen molar-refractivity contribution in [3.05, 3.63) is 42.4 Å². The molecule has 1 aromatic carbocycles. The number of carbonyl (C=O) groups excluding carboxylic acids is 1. The van der Waals surface area contributed by atoms with Gasteiger partial charge in [0.15, 0.2) is 5.82 Å². The molecule has 29 heavy (non-hydrogen) atoms. The minimum Gasteiger partial charge on any atom is -0.369 e.